The van der Waals surface area contributed by atoms with Gasteiger partial charge in [0.25, 0.3) is 5.69 Å². The number of ether oxygens (including phenoxy) is 2. The summed E-state index contributed by atoms with van der Waals surface area (Å²) in [5.41, 5.74) is -0.730. The number of nitro groups is 1. The fraction of sp³-hybridized carbons (Fsp3) is 0.455. The van der Waals surface area contributed by atoms with Crippen molar-refractivity contribution in [2.24, 2.45) is 5.14 Å². The van der Waals surface area contributed by atoms with E-state index in [1.807, 2.05) is 6.92 Å². The van der Waals surface area contributed by atoms with E-state index in [9.17, 15) is 22.9 Å². The predicted molar refractivity (Wildman–Crippen MR) is 71.0 cm³/mol. The number of primary sulfonamides is 1. The van der Waals surface area contributed by atoms with Crippen LogP contribution in [0.15, 0.2) is 17.0 Å². The number of benzene rings is 1. The van der Waals surface area contributed by atoms with Crippen molar-refractivity contribution in [3.05, 3.63) is 28.1 Å². The molecule has 0 saturated heterocycles. The second kappa shape index (κ2) is 7.29. The van der Waals surface area contributed by atoms with E-state index in [0.717, 1.165) is 6.42 Å². The van der Waals surface area contributed by atoms with Crippen LogP contribution in [0.1, 0.15) is 13.3 Å². The highest BCUT2D eigenvalue weighted by atomic mass is 32.2. The third-order valence-electron chi connectivity index (χ3n) is 2.33. The van der Waals surface area contributed by atoms with E-state index >= 15 is 0 Å². The molecule has 0 aromatic heterocycles. The molecule has 0 bridgehead atoms. The van der Waals surface area contributed by atoms with Crippen LogP contribution in [0.4, 0.5) is 10.1 Å². The van der Waals surface area contributed by atoms with Gasteiger partial charge in [-0.25, -0.2) is 17.9 Å². The minimum atomic E-state index is -4.37. The smallest absolute Gasteiger partial charge is 0.274 e. The maximum Gasteiger partial charge on any atom is 0.274 e. The molecule has 21 heavy (non-hydrogen) atoms. The Morgan fingerprint density at radius 3 is 2.52 bits per heavy atom. The fourth-order valence-electron chi connectivity index (χ4n) is 1.46. The quantitative estimate of drug-likeness (QED) is 0.436. The zero-order valence-electron chi connectivity index (χ0n) is 11.2. The van der Waals surface area contributed by atoms with Crippen molar-refractivity contribution in [1.29, 1.82) is 0 Å². The van der Waals surface area contributed by atoms with E-state index in [2.05, 4.69) is 0 Å². The van der Waals surface area contributed by atoms with Gasteiger partial charge in [0.1, 0.15) is 11.5 Å². The first-order valence-corrected chi connectivity index (χ1v) is 7.53. The first-order chi connectivity index (χ1) is 9.77. The number of nitrogens with zero attached hydrogens (tertiary/aromatic N) is 1. The molecule has 0 aliphatic carbocycles. The van der Waals surface area contributed by atoms with Crippen molar-refractivity contribution in [2.45, 2.75) is 18.2 Å². The monoisotopic (exact) mass is 322 g/mol. The Balaban J connectivity index is 3.04. The third kappa shape index (κ3) is 4.92. The van der Waals surface area contributed by atoms with E-state index < -0.39 is 37.1 Å². The molecule has 10 heteroatoms. The van der Waals surface area contributed by atoms with Crippen molar-refractivity contribution in [2.75, 3.05) is 19.8 Å². The maximum absolute atomic E-state index is 13.8. The highest BCUT2D eigenvalue weighted by Gasteiger charge is 2.24. The van der Waals surface area contributed by atoms with Gasteiger partial charge in [-0.1, -0.05) is 6.92 Å². The van der Waals surface area contributed by atoms with Crippen LogP contribution in [0, 0.1) is 15.9 Å². The van der Waals surface area contributed by atoms with Gasteiger partial charge in [0.2, 0.25) is 10.0 Å². The standard InChI is InChI=1S/C11H15FN2O6S/c1-2-3-19-4-5-20-11-9(12)6-8(14(15)16)7-10(11)21(13,17)18/h6-7H,2-5H2,1H3,(H2,13,17,18). The highest BCUT2D eigenvalue weighted by Crippen LogP contribution is 2.31. The summed E-state index contributed by atoms with van der Waals surface area (Å²) in [6.45, 7) is 2.38. The molecular formula is C11H15FN2O6S. The Morgan fingerprint density at radius 2 is 2.00 bits per heavy atom. The normalized spacial score (nSPS) is 11.4. The molecule has 0 spiro atoms. The van der Waals surface area contributed by atoms with Gasteiger partial charge < -0.3 is 9.47 Å². The lowest BCUT2D eigenvalue weighted by atomic mass is 10.3. The molecule has 0 heterocycles. The van der Waals surface area contributed by atoms with Crippen molar-refractivity contribution in [1.82, 2.24) is 0 Å². The molecule has 8 nitrogen and oxygen atoms in total. The lowest BCUT2D eigenvalue weighted by Crippen LogP contribution is -2.17. The molecule has 0 radical (unpaired) electrons. The zero-order chi connectivity index (χ0) is 16.0. The summed E-state index contributed by atoms with van der Waals surface area (Å²) in [5, 5.41) is 15.5. The molecule has 0 aliphatic heterocycles. The van der Waals surface area contributed by atoms with Gasteiger partial charge in [-0.2, -0.15) is 0 Å². The van der Waals surface area contributed by atoms with E-state index in [0.29, 0.717) is 18.7 Å². The summed E-state index contributed by atoms with van der Waals surface area (Å²) >= 11 is 0. The van der Waals surface area contributed by atoms with Gasteiger partial charge in [0.05, 0.1) is 17.6 Å². The molecular weight excluding hydrogens is 307 g/mol. The van der Waals surface area contributed by atoms with Gasteiger partial charge in [-0.05, 0) is 6.42 Å². The first kappa shape index (κ1) is 17.3. The Kier molecular flexibility index (Phi) is 6.00. The van der Waals surface area contributed by atoms with Crippen LogP contribution in [0.5, 0.6) is 5.75 Å². The maximum atomic E-state index is 13.8. The molecule has 2 N–H and O–H groups in total. The fourth-order valence-corrected chi connectivity index (χ4v) is 2.16. The predicted octanol–water partition coefficient (Wildman–Crippen LogP) is 1.19. The molecule has 118 valence electrons. The summed E-state index contributed by atoms with van der Waals surface area (Å²) in [6, 6.07) is 1.22. The summed E-state index contributed by atoms with van der Waals surface area (Å²) in [7, 11) is -4.37. The van der Waals surface area contributed by atoms with Crippen LogP contribution >= 0.6 is 0 Å². The van der Waals surface area contributed by atoms with Crippen LogP contribution in [-0.4, -0.2) is 33.2 Å². The number of sulfonamides is 1. The molecule has 1 rings (SSSR count). The molecule has 0 atom stereocenters. The highest BCUT2D eigenvalue weighted by molar-refractivity contribution is 7.89. The minimum Gasteiger partial charge on any atom is -0.487 e. The van der Waals surface area contributed by atoms with Gasteiger partial charge in [-0.3, -0.25) is 10.1 Å². The van der Waals surface area contributed by atoms with Crippen LogP contribution in [0.2, 0.25) is 0 Å². The van der Waals surface area contributed by atoms with Crippen molar-refractivity contribution in [3.63, 3.8) is 0 Å². The number of non-ortho nitro benzene ring substituents is 1. The molecule has 0 saturated carbocycles. The van der Waals surface area contributed by atoms with Gasteiger partial charge in [0, 0.05) is 12.7 Å². The number of nitro benzene ring substituents is 1. The van der Waals surface area contributed by atoms with Gasteiger partial charge >= 0.3 is 0 Å². The largest absolute Gasteiger partial charge is 0.487 e. The van der Waals surface area contributed by atoms with E-state index in [-0.39, 0.29) is 13.2 Å². The van der Waals surface area contributed by atoms with E-state index in [1.165, 1.54) is 0 Å². The molecule has 0 unspecified atom stereocenters. The van der Waals surface area contributed by atoms with Gasteiger partial charge in [0.15, 0.2) is 11.6 Å². The summed E-state index contributed by atoms with van der Waals surface area (Å²) < 4.78 is 46.7. The number of nitrogens with two attached hydrogens (primary N) is 1. The lowest BCUT2D eigenvalue weighted by Gasteiger charge is -2.11. The number of hydrogen-bond donors (Lipinski definition) is 1. The topological polar surface area (TPSA) is 122 Å². The van der Waals surface area contributed by atoms with Crippen LogP contribution < -0.4 is 9.88 Å². The SMILES string of the molecule is CCCOCCOc1c(F)cc([N+](=O)[O-])cc1S(N)(=O)=O. The summed E-state index contributed by atoms with van der Waals surface area (Å²) in [5.74, 6) is -1.83. The van der Waals surface area contributed by atoms with E-state index in [4.69, 9.17) is 14.6 Å². The number of hydrogen-bond acceptors (Lipinski definition) is 6. The Morgan fingerprint density at radius 1 is 1.33 bits per heavy atom. The van der Waals surface area contributed by atoms with Crippen LogP contribution in [-0.2, 0) is 14.8 Å². The number of rotatable bonds is 8. The Labute approximate surface area is 120 Å². The average Bonchev–Trinajstić information content (AvgIpc) is 2.38. The number of halogens is 1. The minimum absolute atomic E-state index is 0.114. The van der Waals surface area contributed by atoms with Crippen molar-refractivity contribution < 1.29 is 27.2 Å². The summed E-state index contributed by atoms with van der Waals surface area (Å²) in [4.78, 5) is 8.92. The first-order valence-electron chi connectivity index (χ1n) is 5.98. The lowest BCUT2D eigenvalue weighted by molar-refractivity contribution is -0.385. The molecule has 0 aliphatic rings. The van der Waals surface area contributed by atoms with E-state index in [1.54, 1.807) is 0 Å². The van der Waals surface area contributed by atoms with Crippen LogP contribution in [0.25, 0.3) is 0 Å². The average molecular weight is 322 g/mol. The zero-order valence-corrected chi connectivity index (χ0v) is 12.1. The Hall–Kier alpha value is -1.78. The Bertz CT molecular complexity index is 619. The third-order valence-corrected chi connectivity index (χ3v) is 3.25. The second-order valence-corrected chi connectivity index (χ2v) is 5.55. The van der Waals surface area contributed by atoms with Crippen molar-refractivity contribution >= 4 is 15.7 Å². The second-order valence-electron chi connectivity index (χ2n) is 4.02. The van der Waals surface area contributed by atoms with Crippen LogP contribution in [0.3, 0.4) is 0 Å². The molecule has 1 aromatic rings. The molecule has 0 amide bonds. The molecule has 0 fully saturated rings. The molecule has 1 aromatic carbocycles. The van der Waals surface area contributed by atoms with Gasteiger partial charge in [-0.15, -0.1) is 0 Å². The summed E-state index contributed by atoms with van der Waals surface area (Å²) in [6.07, 6.45) is 0.786. The van der Waals surface area contributed by atoms with Crippen molar-refractivity contribution in [3.8, 4) is 5.75 Å².